The Kier molecular flexibility index (Phi) is 43.6. The summed E-state index contributed by atoms with van der Waals surface area (Å²) < 4.78 is 5.92. The van der Waals surface area contributed by atoms with Gasteiger partial charge in [-0.15, -0.1) is 0 Å². The number of nitrogens with one attached hydrogen (secondary N) is 1. The Labute approximate surface area is 349 Å². The second-order valence-electron chi connectivity index (χ2n) is 17.2. The smallest absolute Gasteiger partial charge is 0.306 e. The van der Waals surface area contributed by atoms with Crippen molar-refractivity contribution in [1.82, 2.24) is 5.32 Å². The van der Waals surface area contributed by atoms with Crippen molar-refractivity contribution in [2.45, 2.75) is 289 Å². The molecule has 0 aliphatic rings. The van der Waals surface area contributed by atoms with E-state index in [0.29, 0.717) is 19.3 Å². The van der Waals surface area contributed by atoms with E-state index in [2.05, 4.69) is 38.2 Å². The molecule has 56 heavy (non-hydrogen) atoms. The van der Waals surface area contributed by atoms with Gasteiger partial charge in [0.2, 0.25) is 5.91 Å². The van der Waals surface area contributed by atoms with E-state index in [9.17, 15) is 19.8 Å². The number of allylic oxidation sites excluding steroid dienone is 2. The topological polar surface area (TPSA) is 95.9 Å². The number of unbranched alkanes of at least 4 members (excludes halogenated alkanes) is 31. The number of rotatable bonds is 45. The van der Waals surface area contributed by atoms with E-state index in [-0.39, 0.29) is 24.9 Å². The van der Waals surface area contributed by atoms with Crippen molar-refractivity contribution in [2.24, 2.45) is 0 Å². The molecule has 6 heteroatoms. The average molecular weight is 792 g/mol. The number of hydrogen-bond acceptors (Lipinski definition) is 5. The molecule has 0 rings (SSSR count). The first-order valence-electron chi connectivity index (χ1n) is 24.9. The van der Waals surface area contributed by atoms with Crippen LogP contribution in [0.1, 0.15) is 271 Å². The van der Waals surface area contributed by atoms with Gasteiger partial charge in [-0.05, 0) is 51.4 Å². The van der Waals surface area contributed by atoms with Gasteiger partial charge in [0.15, 0.2) is 0 Å². The maximum Gasteiger partial charge on any atom is 0.306 e. The van der Waals surface area contributed by atoms with Crippen LogP contribution in [0.15, 0.2) is 12.2 Å². The number of esters is 1. The van der Waals surface area contributed by atoms with Gasteiger partial charge in [-0.25, -0.2) is 0 Å². The number of carbonyl (C=O) groups is 2. The molecule has 1 amide bonds. The maximum absolute atomic E-state index is 13.1. The molecule has 0 bridgehead atoms. The fraction of sp³-hybridized carbons (Fsp3) is 0.920. The minimum Gasteiger partial charge on any atom is -0.462 e. The van der Waals surface area contributed by atoms with Crippen LogP contribution in [-0.2, 0) is 14.3 Å². The molecule has 0 saturated heterocycles. The number of aliphatic hydroxyl groups excluding tert-OH is 2. The van der Waals surface area contributed by atoms with E-state index < -0.39 is 18.2 Å². The van der Waals surface area contributed by atoms with E-state index in [1.165, 1.54) is 167 Å². The second kappa shape index (κ2) is 44.7. The van der Waals surface area contributed by atoms with Gasteiger partial charge in [0.05, 0.1) is 25.2 Å². The largest absolute Gasteiger partial charge is 0.462 e. The summed E-state index contributed by atoms with van der Waals surface area (Å²) in [6, 6.07) is -0.694. The molecule has 332 valence electrons. The fourth-order valence-electron chi connectivity index (χ4n) is 7.78. The molecule has 0 aliphatic heterocycles. The third-order valence-electron chi connectivity index (χ3n) is 11.6. The summed E-state index contributed by atoms with van der Waals surface area (Å²) in [6.07, 6.45) is 48.4. The highest BCUT2D eigenvalue weighted by atomic mass is 16.5. The minimum absolute atomic E-state index is 0.0809. The van der Waals surface area contributed by atoms with Crippen molar-refractivity contribution >= 4 is 11.9 Å². The Balaban J connectivity index is 4.52. The monoisotopic (exact) mass is 792 g/mol. The van der Waals surface area contributed by atoms with E-state index in [1.807, 2.05) is 0 Å². The molecule has 0 spiro atoms. The van der Waals surface area contributed by atoms with Crippen molar-refractivity contribution < 1.29 is 24.5 Å². The van der Waals surface area contributed by atoms with Gasteiger partial charge in [0.1, 0.15) is 6.10 Å². The van der Waals surface area contributed by atoms with Gasteiger partial charge in [0.25, 0.3) is 0 Å². The lowest BCUT2D eigenvalue weighted by molar-refractivity contribution is -0.151. The number of amides is 1. The lowest BCUT2D eigenvalue weighted by Crippen LogP contribution is -2.46. The van der Waals surface area contributed by atoms with Gasteiger partial charge >= 0.3 is 5.97 Å². The maximum atomic E-state index is 13.1. The third kappa shape index (κ3) is 39.4. The summed E-state index contributed by atoms with van der Waals surface area (Å²) >= 11 is 0. The van der Waals surface area contributed by atoms with Crippen molar-refractivity contribution in [1.29, 1.82) is 0 Å². The lowest BCUT2D eigenvalue weighted by atomic mass is 10.0. The van der Waals surface area contributed by atoms with Crippen molar-refractivity contribution in [3.05, 3.63) is 12.2 Å². The van der Waals surface area contributed by atoms with Crippen LogP contribution in [-0.4, -0.2) is 46.9 Å². The Morgan fingerprint density at radius 1 is 0.500 bits per heavy atom. The SMILES string of the molecule is CCCCCCCCC/C=C/CCCCCCCC(=O)OC(CCCCCCCCCCCCCC)CC(=O)NC(CO)C(O)CCCCCCCCCCC. The number of ether oxygens (including phenoxy) is 1. The normalized spacial score (nSPS) is 13.3. The molecule has 0 aromatic heterocycles. The lowest BCUT2D eigenvalue weighted by Gasteiger charge is -2.24. The molecule has 3 N–H and O–H groups in total. The zero-order chi connectivity index (χ0) is 41.0. The van der Waals surface area contributed by atoms with E-state index in [0.717, 1.165) is 57.8 Å². The Morgan fingerprint density at radius 2 is 0.857 bits per heavy atom. The summed E-state index contributed by atoms with van der Waals surface area (Å²) in [7, 11) is 0. The van der Waals surface area contributed by atoms with Crippen LogP contribution in [0, 0.1) is 0 Å². The van der Waals surface area contributed by atoms with E-state index >= 15 is 0 Å². The summed E-state index contributed by atoms with van der Waals surface area (Å²) in [5.74, 6) is -0.470. The minimum atomic E-state index is -0.781. The van der Waals surface area contributed by atoms with Crippen LogP contribution in [0.4, 0.5) is 0 Å². The molecule has 0 aromatic rings. The first kappa shape index (κ1) is 54.6. The molecular weight excluding hydrogens is 695 g/mol. The van der Waals surface area contributed by atoms with Crippen LogP contribution in [0.25, 0.3) is 0 Å². The molecule has 0 radical (unpaired) electrons. The van der Waals surface area contributed by atoms with Crippen LogP contribution < -0.4 is 5.32 Å². The molecule has 0 heterocycles. The summed E-state index contributed by atoms with van der Waals surface area (Å²) in [6.45, 7) is 6.47. The first-order valence-corrected chi connectivity index (χ1v) is 24.9. The first-order chi connectivity index (χ1) is 27.5. The molecule has 0 aliphatic carbocycles. The van der Waals surface area contributed by atoms with Crippen molar-refractivity contribution in [2.75, 3.05) is 6.61 Å². The summed E-state index contributed by atoms with van der Waals surface area (Å²) in [4.78, 5) is 26.0. The van der Waals surface area contributed by atoms with Crippen LogP contribution in [0.5, 0.6) is 0 Å². The highest BCUT2D eigenvalue weighted by Crippen LogP contribution is 2.18. The van der Waals surface area contributed by atoms with Crippen molar-refractivity contribution in [3.8, 4) is 0 Å². The second-order valence-corrected chi connectivity index (χ2v) is 17.2. The number of aliphatic hydroxyl groups is 2. The van der Waals surface area contributed by atoms with E-state index in [1.54, 1.807) is 0 Å². The fourth-order valence-corrected chi connectivity index (χ4v) is 7.78. The standard InChI is InChI=1S/C50H97NO5/c1-4-7-10-13-16-19-21-23-24-25-26-28-31-34-37-40-43-50(55)56-46(41-38-35-32-30-27-22-20-17-14-11-8-5-2)44-49(54)51-47(45-52)48(53)42-39-36-33-29-18-15-12-9-6-3/h24-25,46-48,52-53H,4-23,26-45H2,1-3H3,(H,51,54)/b25-24+. The van der Waals surface area contributed by atoms with Crippen LogP contribution >= 0.6 is 0 Å². The van der Waals surface area contributed by atoms with Gasteiger partial charge in [-0.3, -0.25) is 9.59 Å². The van der Waals surface area contributed by atoms with Crippen LogP contribution in [0.3, 0.4) is 0 Å². The molecule has 3 atom stereocenters. The molecule has 0 aromatic carbocycles. The highest BCUT2D eigenvalue weighted by Gasteiger charge is 2.24. The molecule has 0 saturated carbocycles. The van der Waals surface area contributed by atoms with Gasteiger partial charge in [-0.2, -0.15) is 0 Å². The Bertz CT molecular complexity index is 847. The zero-order valence-corrected chi connectivity index (χ0v) is 37.8. The predicted octanol–water partition coefficient (Wildman–Crippen LogP) is 14.6. The van der Waals surface area contributed by atoms with Crippen molar-refractivity contribution in [3.63, 3.8) is 0 Å². The van der Waals surface area contributed by atoms with E-state index in [4.69, 9.17) is 4.74 Å². The highest BCUT2D eigenvalue weighted by molar-refractivity contribution is 5.77. The Hall–Kier alpha value is -1.40. The van der Waals surface area contributed by atoms with Gasteiger partial charge < -0.3 is 20.3 Å². The molecular formula is C50H97NO5. The summed E-state index contributed by atoms with van der Waals surface area (Å²) in [5.41, 5.74) is 0. The molecule has 3 unspecified atom stereocenters. The third-order valence-corrected chi connectivity index (χ3v) is 11.6. The number of hydrogen-bond donors (Lipinski definition) is 3. The van der Waals surface area contributed by atoms with Crippen LogP contribution in [0.2, 0.25) is 0 Å². The van der Waals surface area contributed by atoms with Gasteiger partial charge in [-0.1, -0.05) is 219 Å². The number of carbonyl (C=O) groups excluding carboxylic acids is 2. The molecule has 0 fully saturated rings. The zero-order valence-electron chi connectivity index (χ0n) is 37.8. The molecule has 6 nitrogen and oxygen atoms in total. The van der Waals surface area contributed by atoms with Gasteiger partial charge in [0, 0.05) is 6.42 Å². The predicted molar refractivity (Wildman–Crippen MR) is 241 cm³/mol. The summed E-state index contributed by atoms with van der Waals surface area (Å²) in [5, 5.41) is 23.6. The quantitative estimate of drug-likeness (QED) is 0.0324. The average Bonchev–Trinajstić information content (AvgIpc) is 3.19. The Morgan fingerprint density at radius 3 is 1.27 bits per heavy atom.